The fraction of sp³-hybridized carbons (Fsp3) is 0.529. The number of amides is 2. The molecule has 1 aliphatic heterocycles. The largest absolute Gasteiger partial charge is 0.350 e. The van der Waals surface area contributed by atoms with Crippen molar-refractivity contribution in [1.29, 1.82) is 0 Å². The third-order valence-corrected chi connectivity index (χ3v) is 4.92. The average molecular weight is 336 g/mol. The molecule has 1 saturated carbocycles. The molecule has 3 rings (SSSR count). The monoisotopic (exact) mass is 335 g/mol. The topological polar surface area (TPSA) is 70.2 Å². The first kappa shape index (κ1) is 16.3. The number of aryl methyl sites for hydroxylation is 1. The number of carbonyl (C=O) groups excluding carboxylic acids is 2. The van der Waals surface area contributed by atoms with E-state index in [1.165, 1.54) is 6.42 Å². The molecule has 1 saturated heterocycles. The van der Waals surface area contributed by atoms with Gasteiger partial charge in [0.2, 0.25) is 11.8 Å². The van der Waals surface area contributed by atoms with Crippen molar-refractivity contribution in [2.75, 3.05) is 5.32 Å². The van der Waals surface area contributed by atoms with Crippen molar-refractivity contribution in [1.82, 2.24) is 10.6 Å². The van der Waals surface area contributed by atoms with Crippen molar-refractivity contribution in [2.45, 2.75) is 57.2 Å². The summed E-state index contributed by atoms with van der Waals surface area (Å²) in [6, 6.07) is 5.40. The van der Waals surface area contributed by atoms with Gasteiger partial charge in [-0.3, -0.25) is 9.59 Å². The zero-order valence-corrected chi connectivity index (χ0v) is 14.0. The van der Waals surface area contributed by atoms with Crippen molar-refractivity contribution in [3.8, 4) is 0 Å². The summed E-state index contributed by atoms with van der Waals surface area (Å²) < 4.78 is 0. The van der Waals surface area contributed by atoms with Crippen LogP contribution in [0.4, 0.5) is 5.69 Å². The summed E-state index contributed by atoms with van der Waals surface area (Å²) in [7, 11) is 0. The highest BCUT2D eigenvalue weighted by molar-refractivity contribution is 6.31. The molecule has 23 heavy (non-hydrogen) atoms. The van der Waals surface area contributed by atoms with E-state index in [2.05, 4.69) is 16.0 Å². The Morgan fingerprint density at radius 2 is 2.04 bits per heavy atom. The molecule has 0 unspecified atom stereocenters. The lowest BCUT2D eigenvalue weighted by atomic mass is 9.87. The maximum absolute atomic E-state index is 12.3. The molecular weight excluding hydrogens is 314 g/mol. The fourth-order valence-corrected chi connectivity index (χ4v) is 3.56. The smallest absolute Gasteiger partial charge is 0.237 e. The molecule has 6 heteroatoms. The molecule has 2 amide bonds. The lowest BCUT2D eigenvalue weighted by Gasteiger charge is -2.40. The van der Waals surface area contributed by atoms with Gasteiger partial charge in [0.05, 0.1) is 12.5 Å². The van der Waals surface area contributed by atoms with Crippen molar-refractivity contribution >= 4 is 29.1 Å². The molecule has 1 aromatic carbocycles. The standard InChI is InChI=1S/C17H22ClN3O2/c1-10-6-7-11(18)8-14(10)20-16(22)9-15-17(23)21-13-5-3-2-4-12(13)19-15/h6-8,12-13,15,19H,2-5,9H2,1H3,(H,20,22)(H,21,23)/t12-,13+,15-/m1/s1. The molecule has 0 aromatic heterocycles. The highest BCUT2D eigenvalue weighted by Gasteiger charge is 2.36. The van der Waals surface area contributed by atoms with E-state index in [0.717, 1.165) is 24.8 Å². The summed E-state index contributed by atoms with van der Waals surface area (Å²) in [5.41, 5.74) is 1.63. The van der Waals surface area contributed by atoms with E-state index in [0.29, 0.717) is 10.7 Å². The molecule has 1 heterocycles. The van der Waals surface area contributed by atoms with Gasteiger partial charge in [0, 0.05) is 22.8 Å². The number of nitrogens with one attached hydrogen (secondary N) is 3. The van der Waals surface area contributed by atoms with Crippen LogP contribution in [0, 0.1) is 6.92 Å². The Morgan fingerprint density at radius 3 is 2.83 bits per heavy atom. The van der Waals surface area contributed by atoms with Gasteiger partial charge in [-0.1, -0.05) is 30.5 Å². The van der Waals surface area contributed by atoms with Crippen LogP contribution in [0.1, 0.15) is 37.7 Å². The quantitative estimate of drug-likeness (QED) is 0.794. The van der Waals surface area contributed by atoms with Gasteiger partial charge in [0.15, 0.2) is 0 Å². The van der Waals surface area contributed by atoms with Crippen LogP contribution in [-0.2, 0) is 9.59 Å². The van der Waals surface area contributed by atoms with E-state index in [1.807, 2.05) is 13.0 Å². The first-order chi connectivity index (χ1) is 11.0. The molecule has 1 aromatic rings. The summed E-state index contributed by atoms with van der Waals surface area (Å²) in [6.07, 6.45) is 4.52. The maximum Gasteiger partial charge on any atom is 0.237 e. The van der Waals surface area contributed by atoms with Gasteiger partial charge in [-0.15, -0.1) is 0 Å². The third kappa shape index (κ3) is 3.85. The molecular formula is C17H22ClN3O2. The average Bonchev–Trinajstić information content (AvgIpc) is 2.51. The Morgan fingerprint density at radius 1 is 1.30 bits per heavy atom. The van der Waals surface area contributed by atoms with Crippen LogP contribution in [0.15, 0.2) is 18.2 Å². The predicted octanol–water partition coefficient (Wildman–Crippen LogP) is 2.38. The molecule has 5 nitrogen and oxygen atoms in total. The van der Waals surface area contributed by atoms with E-state index in [-0.39, 0.29) is 30.3 Å². The number of halogens is 1. The Kier molecular flexibility index (Phi) is 4.87. The predicted molar refractivity (Wildman–Crippen MR) is 90.5 cm³/mol. The SMILES string of the molecule is Cc1ccc(Cl)cc1NC(=O)C[C@H]1N[C@@H]2CCCC[C@@H]2NC1=O. The Hall–Kier alpha value is -1.59. The molecule has 2 fully saturated rings. The Bertz CT molecular complexity index is 620. The third-order valence-electron chi connectivity index (χ3n) is 4.69. The summed E-state index contributed by atoms with van der Waals surface area (Å²) in [5.74, 6) is -0.261. The molecule has 3 N–H and O–H groups in total. The second kappa shape index (κ2) is 6.89. The first-order valence-electron chi connectivity index (χ1n) is 8.15. The van der Waals surface area contributed by atoms with Crippen LogP contribution in [0.25, 0.3) is 0 Å². The van der Waals surface area contributed by atoms with E-state index in [4.69, 9.17) is 11.6 Å². The number of anilines is 1. The number of hydrogen-bond acceptors (Lipinski definition) is 3. The van der Waals surface area contributed by atoms with E-state index in [9.17, 15) is 9.59 Å². The van der Waals surface area contributed by atoms with Crippen molar-refractivity contribution in [3.63, 3.8) is 0 Å². The van der Waals surface area contributed by atoms with Gasteiger partial charge >= 0.3 is 0 Å². The summed E-state index contributed by atoms with van der Waals surface area (Å²) in [6.45, 7) is 1.91. The fourth-order valence-electron chi connectivity index (χ4n) is 3.39. The normalized spacial score (nSPS) is 27.0. The highest BCUT2D eigenvalue weighted by Crippen LogP contribution is 2.23. The zero-order chi connectivity index (χ0) is 16.4. The van der Waals surface area contributed by atoms with E-state index < -0.39 is 6.04 Å². The van der Waals surface area contributed by atoms with Crippen LogP contribution >= 0.6 is 11.6 Å². The van der Waals surface area contributed by atoms with Crippen LogP contribution < -0.4 is 16.0 Å². The van der Waals surface area contributed by atoms with E-state index >= 15 is 0 Å². The molecule has 3 atom stereocenters. The number of piperazine rings is 1. The molecule has 2 aliphatic rings. The van der Waals surface area contributed by atoms with Crippen LogP contribution in [0.2, 0.25) is 5.02 Å². The number of fused-ring (bicyclic) bond motifs is 1. The number of hydrogen-bond donors (Lipinski definition) is 3. The molecule has 0 bridgehead atoms. The maximum atomic E-state index is 12.3. The summed E-state index contributed by atoms with van der Waals surface area (Å²) in [4.78, 5) is 24.5. The van der Waals surface area contributed by atoms with Gasteiger partial charge in [0.1, 0.15) is 0 Å². The summed E-state index contributed by atoms with van der Waals surface area (Å²) >= 11 is 5.96. The first-order valence-corrected chi connectivity index (χ1v) is 8.53. The number of benzene rings is 1. The molecule has 0 spiro atoms. The van der Waals surface area contributed by atoms with Gasteiger partial charge in [0.25, 0.3) is 0 Å². The van der Waals surface area contributed by atoms with Gasteiger partial charge in [-0.25, -0.2) is 0 Å². The minimum Gasteiger partial charge on any atom is -0.350 e. The Labute approximate surface area is 141 Å². The Balaban J connectivity index is 1.61. The van der Waals surface area contributed by atoms with Crippen LogP contribution in [-0.4, -0.2) is 29.9 Å². The number of rotatable bonds is 3. The highest BCUT2D eigenvalue weighted by atomic mass is 35.5. The summed E-state index contributed by atoms with van der Waals surface area (Å²) in [5, 5.41) is 9.83. The van der Waals surface area contributed by atoms with Crippen molar-refractivity contribution in [3.05, 3.63) is 28.8 Å². The zero-order valence-electron chi connectivity index (χ0n) is 13.2. The van der Waals surface area contributed by atoms with Crippen molar-refractivity contribution in [2.24, 2.45) is 0 Å². The van der Waals surface area contributed by atoms with Crippen LogP contribution in [0.3, 0.4) is 0 Å². The van der Waals surface area contributed by atoms with Gasteiger partial charge in [-0.05, 0) is 37.5 Å². The van der Waals surface area contributed by atoms with Crippen molar-refractivity contribution < 1.29 is 9.59 Å². The van der Waals surface area contributed by atoms with Crippen LogP contribution in [0.5, 0.6) is 0 Å². The second-order valence-corrected chi connectivity index (χ2v) is 6.87. The van der Waals surface area contributed by atoms with Gasteiger partial charge in [-0.2, -0.15) is 0 Å². The van der Waals surface area contributed by atoms with Gasteiger partial charge < -0.3 is 16.0 Å². The lowest BCUT2D eigenvalue weighted by Crippen LogP contribution is -2.65. The molecule has 124 valence electrons. The second-order valence-electron chi connectivity index (χ2n) is 6.44. The lowest BCUT2D eigenvalue weighted by molar-refractivity contribution is -0.129. The number of carbonyl (C=O) groups is 2. The molecule has 0 radical (unpaired) electrons. The minimum absolute atomic E-state index is 0.0777. The van der Waals surface area contributed by atoms with E-state index in [1.54, 1.807) is 12.1 Å². The molecule has 1 aliphatic carbocycles. The minimum atomic E-state index is -0.464.